The Labute approximate surface area is 188 Å². The molecule has 0 bridgehead atoms. The molecular weight excluding hydrogens is 408 g/mol. The molecule has 1 atom stereocenters. The zero-order valence-electron chi connectivity index (χ0n) is 18.2. The Morgan fingerprint density at radius 2 is 1.87 bits per heavy atom. The molecule has 31 heavy (non-hydrogen) atoms. The predicted molar refractivity (Wildman–Crippen MR) is 124 cm³/mol. The van der Waals surface area contributed by atoms with Gasteiger partial charge in [0.1, 0.15) is 28.7 Å². The van der Waals surface area contributed by atoms with Crippen LogP contribution in [0.1, 0.15) is 40.4 Å². The van der Waals surface area contributed by atoms with Gasteiger partial charge in [0.2, 0.25) is 0 Å². The highest BCUT2D eigenvalue weighted by atomic mass is 32.1. The Hall–Kier alpha value is -2.41. The zero-order chi connectivity index (χ0) is 21.7. The van der Waals surface area contributed by atoms with Crippen molar-refractivity contribution in [1.82, 2.24) is 9.88 Å². The number of aryl methyl sites for hydroxylation is 1. The largest absolute Gasteiger partial charge is 0.497 e. The molecule has 1 fully saturated rings. The molecule has 0 spiro atoms. The predicted octanol–water partition coefficient (Wildman–Crippen LogP) is 4.91. The number of aromatic nitrogens is 1. The molecule has 1 N–H and O–H groups in total. The van der Waals surface area contributed by atoms with Crippen molar-refractivity contribution in [2.24, 2.45) is 0 Å². The van der Waals surface area contributed by atoms with E-state index in [0.29, 0.717) is 13.0 Å². The van der Waals surface area contributed by atoms with E-state index in [1.54, 1.807) is 18.4 Å². The first-order valence-electron chi connectivity index (χ1n) is 10.8. The summed E-state index contributed by atoms with van der Waals surface area (Å²) in [7, 11) is 1.69. The molecule has 0 radical (unpaired) electrons. The summed E-state index contributed by atoms with van der Waals surface area (Å²) >= 11 is 1.58. The lowest BCUT2D eigenvalue weighted by Gasteiger charge is -2.25. The van der Waals surface area contributed by atoms with E-state index in [2.05, 4.69) is 17.0 Å². The molecule has 1 aliphatic heterocycles. The highest BCUT2D eigenvalue weighted by Crippen LogP contribution is 2.37. The van der Waals surface area contributed by atoms with E-state index in [1.165, 1.54) is 5.56 Å². The summed E-state index contributed by atoms with van der Waals surface area (Å²) in [4.78, 5) is 8.23. The number of hydrogen-bond donors (Lipinski definition) is 1. The second kappa shape index (κ2) is 9.81. The van der Waals surface area contributed by atoms with Crippen molar-refractivity contribution >= 4 is 11.3 Å². The molecule has 5 nitrogen and oxygen atoms in total. The lowest BCUT2D eigenvalue weighted by molar-refractivity contribution is 0.0207. The standard InChI is InChI=1S/C25H30N2O3S/c1-19-23(18-30-21-9-4-3-5-10-21)31-24(26-19)25(28)12-7-14-27(15-13-25)17-20-8-6-11-22(16-20)29-2/h3-6,8-11,16,28H,7,12-15,17-18H2,1-2H3. The minimum absolute atomic E-state index is 0.478. The van der Waals surface area contributed by atoms with Crippen LogP contribution in [0.15, 0.2) is 54.6 Å². The number of thiazole rings is 1. The van der Waals surface area contributed by atoms with E-state index in [0.717, 1.165) is 59.6 Å². The normalized spacial score (nSPS) is 19.7. The third-order valence-electron chi connectivity index (χ3n) is 5.85. The second-order valence-corrected chi connectivity index (χ2v) is 9.23. The number of rotatable bonds is 7. The Morgan fingerprint density at radius 3 is 2.68 bits per heavy atom. The summed E-state index contributed by atoms with van der Waals surface area (Å²) in [5, 5.41) is 12.3. The van der Waals surface area contributed by atoms with Crippen LogP contribution >= 0.6 is 11.3 Å². The fourth-order valence-electron chi connectivity index (χ4n) is 4.00. The van der Waals surface area contributed by atoms with E-state index in [9.17, 15) is 5.11 Å². The summed E-state index contributed by atoms with van der Waals surface area (Å²) in [6.07, 6.45) is 2.35. The summed E-state index contributed by atoms with van der Waals surface area (Å²) in [6, 6.07) is 18.0. The lowest BCUT2D eigenvalue weighted by atomic mass is 9.96. The van der Waals surface area contributed by atoms with Crippen LogP contribution in [0.25, 0.3) is 0 Å². The molecule has 1 unspecified atom stereocenters. The number of hydrogen-bond acceptors (Lipinski definition) is 6. The highest BCUT2D eigenvalue weighted by molar-refractivity contribution is 7.11. The smallest absolute Gasteiger partial charge is 0.125 e. The van der Waals surface area contributed by atoms with Gasteiger partial charge in [0.25, 0.3) is 0 Å². The van der Waals surface area contributed by atoms with Crippen LogP contribution in [0.2, 0.25) is 0 Å². The van der Waals surface area contributed by atoms with Gasteiger partial charge in [-0.15, -0.1) is 11.3 Å². The molecule has 2 aromatic carbocycles. The Kier molecular flexibility index (Phi) is 6.90. The SMILES string of the molecule is COc1cccc(CN2CCCC(O)(c3nc(C)c(COc4ccccc4)s3)CC2)c1. The van der Waals surface area contributed by atoms with Crippen LogP contribution in [-0.4, -0.2) is 35.2 Å². The topological polar surface area (TPSA) is 54.8 Å². The minimum atomic E-state index is -0.871. The van der Waals surface area contributed by atoms with Crippen molar-refractivity contribution in [2.75, 3.05) is 20.2 Å². The van der Waals surface area contributed by atoms with Crippen molar-refractivity contribution < 1.29 is 14.6 Å². The first-order valence-corrected chi connectivity index (χ1v) is 11.6. The van der Waals surface area contributed by atoms with Gasteiger partial charge < -0.3 is 14.6 Å². The van der Waals surface area contributed by atoms with Crippen LogP contribution in [0.4, 0.5) is 0 Å². The van der Waals surface area contributed by atoms with Gasteiger partial charge in [-0.25, -0.2) is 4.98 Å². The average molecular weight is 439 g/mol. The molecule has 1 saturated heterocycles. The van der Waals surface area contributed by atoms with Crippen molar-refractivity contribution in [3.63, 3.8) is 0 Å². The number of methoxy groups -OCH3 is 1. The lowest BCUT2D eigenvalue weighted by Crippen LogP contribution is -2.29. The third kappa shape index (κ3) is 5.45. The van der Waals surface area contributed by atoms with Crippen molar-refractivity contribution in [3.05, 3.63) is 75.7 Å². The van der Waals surface area contributed by atoms with E-state index >= 15 is 0 Å². The average Bonchev–Trinajstić information content (AvgIpc) is 3.07. The van der Waals surface area contributed by atoms with Crippen LogP contribution in [0, 0.1) is 6.92 Å². The molecule has 1 aliphatic rings. The van der Waals surface area contributed by atoms with E-state index < -0.39 is 5.60 Å². The monoisotopic (exact) mass is 438 g/mol. The maximum absolute atomic E-state index is 11.5. The molecule has 1 aromatic heterocycles. The first kappa shape index (κ1) is 21.8. The number of aliphatic hydroxyl groups is 1. The minimum Gasteiger partial charge on any atom is -0.497 e. The molecule has 2 heterocycles. The van der Waals surface area contributed by atoms with Crippen LogP contribution in [-0.2, 0) is 18.8 Å². The Balaban J connectivity index is 1.40. The molecular formula is C25H30N2O3S. The number of nitrogens with zero attached hydrogens (tertiary/aromatic N) is 2. The first-order chi connectivity index (χ1) is 15.1. The van der Waals surface area contributed by atoms with Crippen LogP contribution in [0.5, 0.6) is 11.5 Å². The van der Waals surface area contributed by atoms with Gasteiger partial charge in [0, 0.05) is 13.1 Å². The van der Waals surface area contributed by atoms with Crippen LogP contribution < -0.4 is 9.47 Å². The Bertz CT molecular complexity index is 991. The zero-order valence-corrected chi connectivity index (χ0v) is 19.0. The van der Waals surface area contributed by atoms with Gasteiger partial charge in [-0.05, 0) is 62.6 Å². The van der Waals surface area contributed by atoms with Crippen molar-refractivity contribution in [3.8, 4) is 11.5 Å². The Morgan fingerprint density at radius 1 is 1.06 bits per heavy atom. The fourth-order valence-corrected chi connectivity index (χ4v) is 5.12. The summed E-state index contributed by atoms with van der Waals surface area (Å²) in [6.45, 7) is 5.14. The molecule has 0 amide bonds. The molecule has 0 saturated carbocycles. The fraction of sp³-hybridized carbons (Fsp3) is 0.400. The summed E-state index contributed by atoms with van der Waals surface area (Å²) in [5.41, 5.74) is 1.31. The van der Waals surface area contributed by atoms with E-state index in [1.807, 2.05) is 49.4 Å². The van der Waals surface area contributed by atoms with Gasteiger partial charge in [-0.2, -0.15) is 0 Å². The molecule has 164 valence electrons. The number of benzene rings is 2. The number of para-hydroxylation sites is 1. The van der Waals surface area contributed by atoms with Gasteiger partial charge >= 0.3 is 0 Å². The maximum Gasteiger partial charge on any atom is 0.125 e. The molecule has 0 aliphatic carbocycles. The van der Waals surface area contributed by atoms with Gasteiger partial charge in [-0.1, -0.05) is 30.3 Å². The molecule has 6 heteroatoms. The second-order valence-electron chi connectivity index (χ2n) is 8.14. The summed E-state index contributed by atoms with van der Waals surface area (Å²) in [5.74, 6) is 1.73. The van der Waals surface area contributed by atoms with E-state index in [4.69, 9.17) is 14.5 Å². The number of ether oxygens (including phenoxy) is 2. The quantitative estimate of drug-likeness (QED) is 0.568. The van der Waals surface area contributed by atoms with E-state index in [-0.39, 0.29) is 0 Å². The molecule has 3 aromatic rings. The maximum atomic E-state index is 11.5. The van der Waals surface area contributed by atoms with Gasteiger partial charge in [0.15, 0.2) is 0 Å². The number of likely N-dealkylation sites (tertiary alicyclic amines) is 1. The van der Waals surface area contributed by atoms with Crippen molar-refractivity contribution in [1.29, 1.82) is 0 Å². The van der Waals surface area contributed by atoms with Gasteiger partial charge in [-0.3, -0.25) is 4.90 Å². The summed E-state index contributed by atoms with van der Waals surface area (Å²) < 4.78 is 11.2. The van der Waals surface area contributed by atoms with Crippen molar-refractivity contribution in [2.45, 2.75) is 44.9 Å². The third-order valence-corrected chi connectivity index (χ3v) is 7.17. The molecule has 4 rings (SSSR count). The highest BCUT2D eigenvalue weighted by Gasteiger charge is 2.35. The van der Waals surface area contributed by atoms with Crippen LogP contribution in [0.3, 0.4) is 0 Å². The van der Waals surface area contributed by atoms with Gasteiger partial charge in [0.05, 0.1) is 17.7 Å².